The molecule has 0 saturated heterocycles. The van der Waals surface area contributed by atoms with Gasteiger partial charge in [0, 0.05) is 17.2 Å². The van der Waals surface area contributed by atoms with E-state index in [1.54, 1.807) is 0 Å². The van der Waals surface area contributed by atoms with Gasteiger partial charge in [0.25, 0.3) is 0 Å². The molecule has 1 aliphatic carbocycles. The molecule has 12 heavy (non-hydrogen) atoms. The Morgan fingerprint density at radius 2 is 2.50 bits per heavy atom. The Morgan fingerprint density at radius 3 is 3.25 bits per heavy atom. The zero-order chi connectivity index (χ0) is 8.55. The number of aryl methyl sites for hydroxylation is 1. The maximum atomic E-state index is 5.68. The topological polar surface area (TPSA) is 54.7 Å². The number of hydrogen-bond acceptors (Lipinski definition) is 2. The van der Waals surface area contributed by atoms with Crippen molar-refractivity contribution in [2.75, 3.05) is 6.54 Å². The maximum absolute atomic E-state index is 5.68. The predicted molar refractivity (Wildman–Crippen MR) is 51.0 cm³/mol. The number of H-pyrrole nitrogens is 1. The van der Waals surface area contributed by atoms with E-state index < -0.39 is 0 Å². The van der Waals surface area contributed by atoms with E-state index in [4.69, 9.17) is 5.73 Å². The first-order valence-electron chi connectivity index (χ1n) is 4.25. The fraction of sp³-hybridized carbons (Fsp3) is 0.625. The van der Waals surface area contributed by atoms with Gasteiger partial charge in [-0.15, -0.1) is 0 Å². The van der Waals surface area contributed by atoms with Crippen LogP contribution in [0.1, 0.15) is 30.0 Å². The molecule has 1 aromatic heterocycles. The lowest BCUT2D eigenvalue weighted by Gasteiger charge is -2.20. The number of rotatable bonds is 1. The van der Waals surface area contributed by atoms with Crippen LogP contribution in [0.5, 0.6) is 0 Å². The molecule has 0 aliphatic heterocycles. The zero-order valence-corrected chi connectivity index (χ0v) is 8.39. The monoisotopic (exact) mass is 229 g/mol. The number of nitrogens with two attached hydrogens (primary N) is 1. The highest BCUT2D eigenvalue weighted by Crippen LogP contribution is 2.34. The van der Waals surface area contributed by atoms with E-state index in [0.717, 1.165) is 17.6 Å². The molecule has 0 fully saturated rings. The molecule has 1 atom stereocenters. The maximum Gasteiger partial charge on any atom is 0.131 e. The van der Waals surface area contributed by atoms with Crippen molar-refractivity contribution in [3.8, 4) is 0 Å². The molecule has 3 N–H and O–H groups in total. The smallest absolute Gasteiger partial charge is 0.131 e. The molecule has 2 rings (SSSR count). The van der Waals surface area contributed by atoms with Crippen LogP contribution in [0.3, 0.4) is 0 Å². The van der Waals surface area contributed by atoms with Crippen LogP contribution < -0.4 is 5.73 Å². The van der Waals surface area contributed by atoms with Crippen LogP contribution in [0.25, 0.3) is 0 Å². The van der Waals surface area contributed by atoms with Crippen LogP contribution in [-0.4, -0.2) is 16.7 Å². The normalized spacial score (nSPS) is 22.3. The number of nitrogens with one attached hydrogen (secondary N) is 1. The summed E-state index contributed by atoms with van der Waals surface area (Å²) in [6.07, 6.45) is 3.54. The lowest BCUT2D eigenvalue weighted by molar-refractivity contribution is 0.555. The van der Waals surface area contributed by atoms with Crippen LogP contribution in [0, 0.1) is 0 Å². The molecule has 0 amide bonds. The molecule has 4 heteroatoms. The number of nitrogens with zero attached hydrogens (tertiary/aromatic N) is 1. The SMILES string of the molecule is NCC1CCCc2[nH]nc(Br)c21. The largest absolute Gasteiger partial charge is 0.330 e. The molecule has 3 nitrogen and oxygen atoms in total. The molecule has 1 unspecified atom stereocenters. The van der Waals surface area contributed by atoms with Gasteiger partial charge >= 0.3 is 0 Å². The fourth-order valence-corrected chi connectivity index (χ4v) is 2.52. The molecule has 1 heterocycles. The summed E-state index contributed by atoms with van der Waals surface area (Å²) in [4.78, 5) is 0. The summed E-state index contributed by atoms with van der Waals surface area (Å²) in [5.41, 5.74) is 8.26. The summed E-state index contributed by atoms with van der Waals surface area (Å²) in [6, 6.07) is 0. The first kappa shape index (κ1) is 8.26. The summed E-state index contributed by atoms with van der Waals surface area (Å²) >= 11 is 3.44. The average molecular weight is 230 g/mol. The van der Waals surface area contributed by atoms with Gasteiger partial charge in [-0.25, -0.2) is 0 Å². The Labute approximate surface area is 79.9 Å². The van der Waals surface area contributed by atoms with Gasteiger partial charge in [0.1, 0.15) is 4.60 Å². The molecular weight excluding hydrogens is 218 g/mol. The van der Waals surface area contributed by atoms with Crippen molar-refractivity contribution in [2.45, 2.75) is 25.2 Å². The minimum Gasteiger partial charge on any atom is -0.330 e. The molecule has 0 saturated carbocycles. The van der Waals surface area contributed by atoms with Crippen molar-refractivity contribution in [1.82, 2.24) is 10.2 Å². The number of aromatic nitrogens is 2. The van der Waals surface area contributed by atoms with Gasteiger partial charge in [-0.2, -0.15) is 5.10 Å². The zero-order valence-electron chi connectivity index (χ0n) is 6.81. The second-order valence-electron chi connectivity index (χ2n) is 3.23. The highest BCUT2D eigenvalue weighted by Gasteiger charge is 2.23. The number of halogens is 1. The van der Waals surface area contributed by atoms with Crippen molar-refractivity contribution in [2.24, 2.45) is 5.73 Å². The summed E-state index contributed by atoms with van der Waals surface area (Å²) in [7, 11) is 0. The lowest BCUT2D eigenvalue weighted by Crippen LogP contribution is -2.17. The van der Waals surface area contributed by atoms with Gasteiger partial charge in [-0.1, -0.05) is 0 Å². The number of hydrogen-bond donors (Lipinski definition) is 2. The predicted octanol–water partition coefficient (Wildman–Crippen LogP) is 1.55. The standard InChI is InChI=1S/C8H12BrN3/c9-8-7-5(4-10)2-1-3-6(7)11-12-8/h5H,1-4,10H2,(H,11,12). The van der Waals surface area contributed by atoms with Crippen LogP contribution in [0.15, 0.2) is 4.60 Å². The first-order valence-corrected chi connectivity index (χ1v) is 5.05. The van der Waals surface area contributed by atoms with Gasteiger partial charge in [0.2, 0.25) is 0 Å². The molecular formula is C8H12BrN3. The Bertz CT molecular complexity index is 282. The van der Waals surface area contributed by atoms with Crippen LogP contribution >= 0.6 is 15.9 Å². The molecule has 0 bridgehead atoms. The third-order valence-electron chi connectivity index (χ3n) is 2.51. The quantitative estimate of drug-likeness (QED) is 0.768. The van der Waals surface area contributed by atoms with Crippen LogP contribution in [0.2, 0.25) is 0 Å². The molecule has 0 radical (unpaired) electrons. The van der Waals surface area contributed by atoms with Crippen LogP contribution in [-0.2, 0) is 6.42 Å². The lowest BCUT2D eigenvalue weighted by atomic mass is 9.87. The minimum atomic E-state index is 0.502. The van der Waals surface area contributed by atoms with E-state index in [-0.39, 0.29) is 0 Å². The van der Waals surface area contributed by atoms with E-state index in [9.17, 15) is 0 Å². The van der Waals surface area contributed by atoms with Crippen molar-refractivity contribution in [3.05, 3.63) is 15.9 Å². The Balaban J connectivity index is 2.41. The van der Waals surface area contributed by atoms with Gasteiger partial charge in [0.05, 0.1) is 0 Å². The van der Waals surface area contributed by atoms with E-state index in [0.29, 0.717) is 5.92 Å². The molecule has 1 aliphatic rings. The number of fused-ring (bicyclic) bond motifs is 1. The Morgan fingerprint density at radius 1 is 1.67 bits per heavy atom. The Kier molecular flexibility index (Phi) is 2.19. The van der Waals surface area contributed by atoms with Crippen LogP contribution in [0.4, 0.5) is 0 Å². The molecule has 0 aromatic carbocycles. The highest BCUT2D eigenvalue weighted by atomic mass is 79.9. The van der Waals surface area contributed by atoms with Crippen molar-refractivity contribution in [1.29, 1.82) is 0 Å². The van der Waals surface area contributed by atoms with Crippen molar-refractivity contribution in [3.63, 3.8) is 0 Å². The average Bonchev–Trinajstić information content (AvgIpc) is 2.48. The third-order valence-corrected chi connectivity index (χ3v) is 3.11. The molecule has 1 aromatic rings. The minimum absolute atomic E-state index is 0.502. The van der Waals surface area contributed by atoms with E-state index in [2.05, 4.69) is 26.1 Å². The number of aromatic amines is 1. The van der Waals surface area contributed by atoms with Gasteiger partial charge in [-0.05, 0) is 41.7 Å². The summed E-state index contributed by atoms with van der Waals surface area (Å²) in [5, 5.41) is 7.17. The van der Waals surface area contributed by atoms with Gasteiger partial charge < -0.3 is 5.73 Å². The Hall–Kier alpha value is -0.350. The van der Waals surface area contributed by atoms with Crippen molar-refractivity contribution >= 4 is 15.9 Å². The van der Waals surface area contributed by atoms with E-state index >= 15 is 0 Å². The summed E-state index contributed by atoms with van der Waals surface area (Å²) in [6.45, 7) is 0.727. The second-order valence-corrected chi connectivity index (χ2v) is 3.98. The first-order chi connectivity index (χ1) is 5.83. The summed E-state index contributed by atoms with van der Waals surface area (Å²) < 4.78 is 0.952. The van der Waals surface area contributed by atoms with E-state index in [1.807, 2.05) is 0 Å². The molecule has 0 spiro atoms. The van der Waals surface area contributed by atoms with Gasteiger partial charge in [0.15, 0.2) is 0 Å². The third kappa shape index (κ3) is 1.19. The molecule has 66 valence electrons. The second kappa shape index (κ2) is 3.18. The highest BCUT2D eigenvalue weighted by molar-refractivity contribution is 9.10. The van der Waals surface area contributed by atoms with E-state index in [1.165, 1.54) is 24.1 Å². The van der Waals surface area contributed by atoms with Crippen molar-refractivity contribution < 1.29 is 0 Å². The van der Waals surface area contributed by atoms with Gasteiger partial charge in [-0.3, -0.25) is 5.10 Å². The summed E-state index contributed by atoms with van der Waals surface area (Å²) in [5.74, 6) is 0.502. The fourth-order valence-electron chi connectivity index (χ4n) is 1.87.